The molecule has 2 aliphatic heterocycles. The van der Waals surface area contributed by atoms with Crippen LogP contribution in [0.3, 0.4) is 0 Å². The van der Waals surface area contributed by atoms with Crippen LogP contribution in [0.1, 0.15) is 52.9 Å². The number of carbonyl (C=O) groups is 1. The fourth-order valence-electron chi connectivity index (χ4n) is 4.18. The van der Waals surface area contributed by atoms with Gasteiger partial charge in [-0.1, -0.05) is 13.8 Å². The van der Waals surface area contributed by atoms with Crippen molar-refractivity contribution in [2.75, 3.05) is 46.3 Å². The van der Waals surface area contributed by atoms with Crippen LogP contribution in [0.25, 0.3) is 0 Å². The fraction of sp³-hybridized carbons (Fsp3) is 0.947. The summed E-state index contributed by atoms with van der Waals surface area (Å²) in [7, 11) is 2.24. The highest BCUT2D eigenvalue weighted by Crippen LogP contribution is 2.38. The third-order valence-electron chi connectivity index (χ3n) is 6.21. The molecule has 0 radical (unpaired) electrons. The molecule has 0 bridgehead atoms. The molecule has 134 valence electrons. The second-order valence-corrected chi connectivity index (χ2v) is 8.33. The average molecular weight is 324 g/mol. The first-order valence-electron chi connectivity index (χ1n) is 9.61. The van der Waals surface area contributed by atoms with Gasteiger partial charge >= 0.3 is 0 Å². The SMILES string of the molecule is CCNC(=O)C1CCN(CCC(C)(C)C2CCN(C)CC2)CC1. The Morgan fingerprint density at radius 3 is 2.26 bits per heavy atom. The maximum atomic E-state index is 11.9. The summed E-state index contributed by atoms with van der Waals surface area (Å²) in [6.07, 6.45) is 6.04. The number of carbonyl (C=O) groups excluding carboxylic acids is 1. The van der Waals surface area contributed by atoms with Crippen molar-refractivity contribution < 1.29 is 4.79 Å². The average Bonchev–Trinajstić information content (AvgIpc) is 2.54. The Morgan fingerprint density at radius 1 is 1.09 bits per heavy atom. The van der Waals surface area contributed by atoms with E-state index in [9.17, 15) is 4.79 Å². The zero-order valence-corrected chi connectivity index (χ0v) is 15.7. The largest absolute Gasteiger partial charge is 0.356 e. The maximum Gasteiger partial charge on any atom is 0.223 e. The molecule has 1 amide bonds. The predicted molar refractivity (Wildman–Crippen MR) is 96.5 cm³/mol. The molecule has 0 aliphatic carbocycles. The fourth-order valence-corrected chi connectivity index (χ4v) is 4.18. The third-order valence-corrected chi connectivity index (χ3v) is 6.21. The van der Waals surface area contributed by atoms with E-state index in [1.165, 1.54) is 38.9 Å². The number of piperidine rings is 2. The molecule has 4 heteroatoms. The van der Waals surface area contributed by atoms with Gasteiger partial charge in [0.15, 0.2) is 0 Å². The quantitative estimate of drug-likeness (QED) is 0.816. The summed E-state index contributed by atoms with van der Waals surface area (Å²) in [5.74, 6) is 1.37. The molecule has 0 unspecified atom stereocenters. The summed E-state index contributed by atoms with van der Waals surface area (Å²) in [6, 6.07) is 0. The first-order valence-corrected chi connectivity index (χ1v) is 9.61. The lowest BCUT2D eigenvalue weighted by Gasteiger charge is -2.41. The maximum absolute atomic E-state index is 11.9. The van der Waals surface area contributed by atoms with Crippen molar-refractivity contribution in [3.8, 4) is 0 Å². The van der Waals surface area contributed by atoms with Gasteiger partial charge in [0.1, 0.15) is 0 Å². The molecule has 4 nitrogen and oxygen atoms in total. The standard InChI is InChI=1S/C19H37N3O/c1-5-20-18(23)16-6-13-22(14-7-16)15-10-19(2,3)17-8-11-21(4)12-9-17/h16-17H,5-15H2,1-4H3,(H,20,23). The summed E-state index contributed by atoms with van der Waals surface area (Å²) in [5.41, 5.74) is 0.442. The zero-order chi connectivity index (χ0) is 16.9. The van der Waals surface area contributed by atoms with Crippen LogP contribution < -0.4 is 5.32 Å². The lowest BCUT2D eigenvalue weighted by Crippen LogP contribution is -2.42. The van der Waals surface area contributed by atoms with Gasteiger partial charge in [0.2, 0.25) is 5.91 Å². The number of hydrogen-bond donors (Lipinski definition) is 1. The Balaban J connectivity index is 1.71. The highest BCUT2D eigenvalue weighted by molar-refractivity contribution is 5.78. The number of amides is 1. The van der Waals surface area contributed by atoms with Gasteiger partial charge in [-0.3, -0.25) is 4.79 Å². The smallest absolute Gasteiger partial charge is 0.223 e. The van der Waals surface area contributed by atoms with Gasteiger partial charge < -0.3 is 15.1 Å². The Hall–Kier alpha value is -0.610. The van der Waals surface area contributed by atoms with Crippen LogP contribution in [-0.4, -0.2) is 62.0 Å². The van der Waals surface area contributed by atoms with Crippen LogP contribution >= 0.6 is 0 Å². The summed E-state index contributed by atoms with van der Waals surface area (Å²) < 4.78 is 0. The topological polar surface area (TPSA) is 35.6 Å². The number of likely N-dealkylation sites (tertiary alicyclic amines) is 2. The molecule has 0 atom stereocenters. The molecular weight excluding hydrogens is 286 g/mol. The molecule has 0 saturated carbocycles. The summed E-state index contributed by atoms with van der Waals surface area (Å²) in [5, 5.41) is 2.97. The van der Waals surface area contributed by atoms with E-state index in [4.69, 9.17) is 0 Å². The molecule has 1 N–H and O–H groups in total. The molecule has 2 fully saturated rings. The summed E-state index contributed by atoms with van der Waals surface area (Å²) in [4.78, 5) is 17.0. The van der Waals surface area contributed by atoms with E-state index >= 15 is 0 Å². The van der Waals surface area contributed by atoms with Crippen molar-refractivity contribution in [1.29, 1.82) is 0 Å². The lowest BCUT2D eigenvalue weighted by atomic mass is 9.71. The van der Waals surface area contributed by atoms with Gasteiger partial charge in [-0.25, -0.2) is 0 Å². The van der Waals surface area contributed by atoms with E-state index < -0.39 is 0 Å². The van der Waals surface area contributed by atoms with Crippen molar-refractivity contribution in [2.24, 2.45) is 17.3 Å². The minimum Gasteiger partial charge on any atom is -0.356 e. The lowest BCUT2D eigenvalue weighted by molar-refractivity contribution is -0.126. The third kappa shape index (κ3) is 5.46. The summed E-state index contributed by atoms with van der Waals surface area (Å²) >= 11 is 0. The molecule has 0 spiro atoms. The van der Waals surface area contributed by atoms with E-state index in [1.54, 1.807) is 0 Å². The summed E-state index contributed by atoms with van der Waals surface area (Å²) in [6.45, 7) is 13.6. The number of nitrogens with one attached hydrogen (secondary N) is 1. The monoisotopic (exact) mass is 323 g/mol. The normalized spacial score (nSPS) is 23.1. The molecule has 0 aromatic carbocycles. The van der Waals surface area contributed by atoms with Gasteiger partial charge in [0, 0.05) is 12.5 Å². The Morgan fingerprint density at radius 2 is 1.70 bits per heavy atom. The van der Waals surface area contributed by atoms with Crippen molar-refractivity contribution in [1.82, 2.24) is 15.1 Å². The van der Waals surface area contributed by atoms with Crippen LogP contribution in [-0.2, 0) is 4.79 Å². The van der Waals surface area contributed by atoms with Crippen molar-refractivity contribution >= 4 is 5.91 Å². The van der Waals surface area contributed by atoms with E-state index in [1.807, 2.05) is 6.92 Å². The second kappa shape index (κ2) is 8.48. The van der Waals surface area contributed by atoms with Crippen molar-refractivity contribution in [3.05, 3.63) is 0 Å². The number of rotatable bonds is 6. The van der Waals surface area contributed by atoms with Crippen molar-refractivity contribution in [3.63, 3.8) is 0 Å². The van der Waals surface area contributed by atoms with Crippen LogP contribution in [0.4, 0.5) is 0 Å². The Bertz CT molecular complexity index is 367. The molecule has 0 aromatic heterocycles. The first-order chi connectivity index (χ1) is 10.9. The zero-order valence-electron chi connectivity index (χ0n) is 15.7. The van der Waals surface area contributed by atoms with Gasteiger partial charge in [0.25, 0.3) is 0 Å². The van der Waals surface area contributed by atoms with E-state index in [2.05, 4.69) is 36.0 Å². The van der Waals surface area contributed by atoms with E-state index in [0.29, 0.717) is 5.41 Å². The van der Waals surface area contributed by atoms with Crippen LogP contribution in [0.5, 0.6) is 0 Å². The highest BCUT2D eigenvalue weighted by atomic mass is 16.1. The van der Waals surface area contributed by atoms with E-state index in [0.717, 1.165) is 38.4 Å². The number of hydrogen-bond acceptors (Lipinski definition) is 3. The molecule has 23 heavy (non-hydrogen) atoms. The molecule has 0 aromatic rings. The minimum absolute atomic E-state index is 0.244. The second-order valence-electron chi connectivity index (χ2n) is 8.33. The highest BCUT2D eigenvalue weighted by Gasteiger charge is 2.32. The Labute approximate surface area is 143 Å². The van der Waals surface area contributed by atoms with Gasteiger partial charge in [-0.15, -0.1) is 0 Å². The van der Waals surface area contributed by atoms with Crippen molar-refractivity contribution in [2.45, 2.75) is 52.9 Å². The predicted octanol–water partition coefficient (Wildman–Crippen LogP) is 2.59. The van der Waals surface area contributed by atoms with Gasteiger partial charge in [-0.05, 0) is 90.1 Å². The van der Waals surface area contributed by atoms with Crippen LogP contribution in [0, 0.1) is 17.3 Å². The molecule has 2 saturated heterocycles. The molecule has 2 aliphatic rings. The minimum atomic E-state index is 0.244. The van der Waals surface area contributed by atoms with Gasteiger partial charge in [0.05, 0.1) is 0 Å². The Kier molecular flexibility index (Phi) is 6.90. The van der Waals surface area contributed by atoms with Gasteiger partial charge in [-0.2, -0.15) is 0 Å². The van der Waals surface area contributed by atoms with Crippen LogP contribution in [0.15, 0.2) is 0 Å². The van der Waals surface area contributed by atoms with Crippen LogP contribution in [0.2, 0.25) is 0 Å². The number of nitrogens with zero attached hydrogens (tertiary/aromatic N) is 2. The first kappa shape index (κ1) is 18.7. The molecular formula is C19H37N3O. The molecule has 2 heterocycles. The molecule has 2 rings (SSSR count). The van der Waals surface area contributed by atoms with E-state index in [-0.39, 0.29) is 11.8 Å².